The van der Waals surface area contributed by atoms with Crippen molar-refractivity contribution < 1.29 is 34.2 Å². The van der Waals surface area contributed by atoms with Gasteiger partial charge in [-0.05, 0) is 0 Å². The van der Waals surface area contributed by atoms with E-state index in [1.165, 1.54) is 0 Å². The van der Waals surface area contributed by atoms with Gasteiger partial charge in [0.2, 0.25) is 0 Å². The van der Waals surface area contributed by atoms with Crippen LogP contribution in [0.5, 0.6) is 0 Å². The maximum atomic E-state index is 7.79. The van der Waals surface area contributed by atoms with Gasteiger partial charge in [0, 0.05) is 0 Å². The third-order valence-electron chi connectivity index (χ3n) is 0.0968. The molecule has 0 heterocycles. The van der Waals surface area contributed by atoms with Crippen molar-refractivity contribution in [3.8, 4) is 0 Å². The molecule has 0 rings (SSSR count). The molecule has 6 heteroatoms. The van der Waals surface area contributed by atoms with Crippen LogP contribution in [0.3, 0.4) is 0 Å². The molecule has 0 fully saturated rings. The summed E-state index contributed by atoms with van der Waals surface area (Å²) in [7, 11) is -4.24. The van der Waals surface area contributed by atoms with Gasteiger partial charge in [-0.2, -0.15) is 0 Å². The predicted molar refractivity (Wildman–Crippen MR) is 13.5 cm³/mol. The quantitative estimate of drug-likeness (QED) is 0.374. The molecular formula is H3FeO4Si. The van der Waals surface area contributed by atoms with E-state index in [1.807, 2.05) is 0 Å². The summed E-state index contributed by atoms with van der Waals surface area (Å²) < 4.78 is 3.49. The zero-order valence-electron chi connectivity index (χ0n) is 2.60. The van der Waals surface area contributed by atoms with Crippen LogP contribution in [0.25, 0.3) is 0 Å². The zero-order valence-corrected chi connectivity index (χ0v) is 4.71. The predicted octanol–water partition coefficient (Wildman–Crippen LogP) is -2.12. The van der Waals surface area contributed by atoms with Gasteiger partial charge in [-0.15, -0.1) is 0 Å². The van der Waals surface area contributed by atoms with Crippen molar-refractivity contribution in [1.29, 1.82) is 0 Å². The minimum atomic E-state index is -4.24. The average Bonchev–Trinajstić information content (AvgIpc) is 1.35. The van der Waals surface area contributed by atoms with Gasteiger partial charge in [0.25, 0.3) is 0 Å². The molecule has 0 saturated carbocycles. The van der Waals surface area contributed by atoms with Gasteiger partial charge in [0.05, 0.1) is 0 Å². The van der Waals surface area contributed by atoms with Crippen molar-refractivity contribution in [2.75, 3.05) is 0 Å². The van der Waals surface area contributed by atoms with Crippen LogP contribution in [0.2, 0.25) is 0 Å². The molecule has 0 amide bonds. The van der Waals surface area contributed by atoms with Crippen LogP contribution < -0.4 is 0 Å². The van der Waals surface area contributed by atoms with Gasteiger partial charge in [0.1, 0.15) is 0 Å². The summed E-state index contributed by atoms with van der Waals surface area (Å²) in [5, 5.41) is 0. The molecule has 0 aliphatic heterocycles. The molecule has 0 saturated heterocycles. The van der Waals surface area contributed by atoms with E-state index in [2.05, 4.69) is 19.9 Å². The Kier molecular flexibility index (Phi) is 2.23. The molecule has 3 N–H and O–H groups in total. The summed E-state index contributed by atoms with van der Waals surface area (Å²) in [5.41, 5.74) is 0. The van der Waals surface area contributed by atoms with E-state index in [-0.39, 0.29) is 0 Å². The zero-order chi connectivity index (χ0) is 5.21. The molecule has 0 radical (unpaired) electrons. The van der Waals surface area contributed by atoms with E-state index in [0.717, 1.165) is 0 Å². The normalized spacial score (nSPS) is 12.0. The van der Waals surface area contributed by atoms with E-state index >= 15 is 0 Å². The summed E-state index contributed by atoms with van der Waals surface area (Å²) in [6.45, 7) is 0. The van der Waals surface area contributed by atoms with Crippen molar-refractivity contribution in [1.82, 2.24) is 0 Å². The Balaban J connectivity index is 3.17. The van der Waals surface area contributed by atoms with Crippen molar-refractivity contribution in [3.05, 3.63) is 0 Å². The molecule has 0 aliphatic carbocycles. The van der Waals surface area contributed by atoms with E-state index in [1.54, 1.807) is 0 Å². The van der Waals surface area contributed by atoms with Gasteiger partial charge in [-0.1, -0.05) is 0 Å². The standard InChI is InChI=1S/Fe.H3O4Si/c;1-5(2,3)4/h;1-3H/q+1;-1. The van der Waals surface area contributed by atoms with Gasteiger partial charge in [-0.3, -0.25) is 0 Å². The van der Waals surface area contributed by atoms with Crippen molar-refractivity contribution in [2.45, 2.75) is 0 Å². The molecule has 0 unspecified atom stereocenters. The van der Waals surface area contributed by atoms with Gasteiger partial charge >= 0.3 is 43.3 Å². The fourth-order valence-electron chi connectivity index (χ4n) is 0. The topological polar surface area (TPSA) is 69.9 Å². The number of hydrogen-bond donors (Lipinski definition) is 3. The SMILES string of the molecule is O[Si](O)(O)[O][Fe]. The van der Waals surface area contributed by atoms with Crippen LogP contribution in [0.1, 0.15) is 0 Å². The fourth-order valence-corrected chi connectivity index (χ4v) is 0. The molecule has 0 aromatic rings. The molecular weight excluding hydrogens is 148 g/mol. The monoisotopic (exact) mass is 151 g/mol. The maximum absolute atomic E-state index is 7.79. The average molecular weight is 151 g/mol. The first-order valence-electron chi connectivity index (χ1n) is 1.02. The Bertz CT molecular complexity index is 37.3. The van der Waals surface area contributed by atoms with Crippen molar-refractivity contribution >= 4 is 9.05 Å². The molecule has 0 atom stereocenters. The van der Waals surface area contributed by atoms with Gasteiger partial charge in [0.15, 0.2) is 0 Å². The first kappa shape index (κ1) is 6.58. The molecule has 4 nitrogen and oxygen atoms in total. The molecule has 0 spiro atoms. The van der Waals surface area contributed by atoms with Crippen LogP contribution in [-0.2, 0) is 19.9 Å². The summed E-state index contributed by atoms with van der Waals surface area (Å²) >= 11 is 2.57. The Hall–Kier alpha value is 0.576. The molecule has 0 aromatic heterocycles. The summed E-state index contributed by atoms with van der Waals surface area (Å²) in [5.74, 6) is 0. The van der Waals surface area contributed by atoms with Crippen molar-refractivity contribution in [2.24, 2.45) is 0 Å². The van der Waals surface area contributed by atoms with E-state index in [9.17, 15) is 0 Å². The molecule has 0 aliphatic rings. The second-order valence-electron chi connectivity index (χ2n) is 0.646. The summed E-state index contributed by atoms with van der Waals surface area (Å²) in [6, 6.07) is 0. The van der Waals surface area contributed by atoms with Gasteiger partial charge < -0.3 is 0 Å². The van der Waals surface area contributed by atoms with E-state index in [4.69, 9.17) is 14.4 Å². The summed E-state index contributed by atoms with van der Waals surface area (Å²) in [6.07, 6.45) is 0. The fraction of sp³-hybridized carbons (Fsp3) is 0. The van der Waals surface area contributed by atoms with E-state index in [0.29, 0.717) is 0 Å². The minimum absolute atomic E-state index is 2.57. The van der Waals surface area contributed by atoms with E-state index < -0.39 is 9.05 Å². The number of rotatable bonds is 1. The Labute approximate surface area is 44.0 Å². The molecule has 0 aromatic carbocycles. The first-order chi connectivity index (χ1) is 2.56. The second-order valence-corrected chi connectivity index (χ2v) is 2.61. The Morgan fingerprint density at radius 2 is 1.50 bits per heavy atom. The number of hydrogen-bond acceptors (Lipinski definition) is 4. The molecule has 39 valence electrons. The molecule has 6 heavy (non-hydrogen) atoms. The summed E-state index contributed by atoms with van der Waals surface area (Å²) in [4.78, 5) is 23.4. The Morgan fingerprint density at radius 1 is 1.33 bits per heavy atom. The molecule has 0 bridgehead atoms. The van der Waals surface area contributed by atoms with Crippen LogP contribution >= 0.6 is 0 Å². The van der Waals surface area contributed by atoms with Crippen molar-refractivity contribution in [3.63, 3.8) is 0 Å². The van der Waals surface area contributed by atoms with Crippen LogP contribution in [0.15, 0.2) is 0 Å². The van der Waals surface area contributed by atoms with Crippen LogP contribution in [0, 0.1) is 0 Å². The second kappa shape index (κ2) is 2.03. The Morgan fingerprint density at radius 3 is 1.50 bits per heavy atom. The first-order valence-corrected chi connectivity index (χ1v) is 3.22. The third kappa shape index (κ3) is 4.58. The van der Waals surface area contributed by atoms with Crippen LogP contribution in [0.4, 0.5) is 0 Å². The third-order valence-corrected chi connectivity index (χ3v) is 1.20. The van der Waals surface area contributed by atoms with Gasteiger partial charge in [-0.25, -0.2) is 0 Å². The van der Waals surface area contributed by atoms with Crippen LogP contribution in [-0.4, -0.2) is 23.4 Å².